The van der Waals surface area contributed by atoms with Crippen LogP contribution in [-0.4, -0.2) is 25.2 Å². The maximum Gasteiger partial charge on any atom is 0.319 e. The number of methoxy groups -OCH3 is 1. The molecular weight excluding hydrogens is 251 g/mol. The van der Waals surface area contributed by atoms with Crippen LogP contribution in [0.25, 0.3) is 0 Å². The van der Waals surface area contributed by atoms with Gasteiger partial charge in [-0.25, -0.2) is 9.18 Å². The highest BCUT2D eigenvalue weighted by Crippen LogP contribution is 2.15. The van der Waals surface area contributed by atoms with Crippen LogP contribution >= 0.6 is 0 Å². The van der Waals surface area contributed by atoms with Crippen LogP contribution in [0.3, 0.4) is 0 Å². The van der Waals surface area contributed by atoms with Crippen LogP contribution < -0.4 is 10.6 Å². The van der Waals surface area contributed by atoms with Crippen LogP contribution in [0.15, 0.2) is 18.2 Å². The molecule has 0 radical (unpaired) electrons. The molecule has 1 unspecified atom stereocenters. The Morgan fingerprint density at radius 2 is 2.11 bits per heavy atom. The van der Waals surface area contributed by atoms with Crippen molar-refractivity contribution in [3.8, 4) is 0 Å². The summed E-state index contributed by atoms with van der Waals surface area (Å²) in [4.78, 5) is 22.7. The van der Waals surface area contributed by atoms with E-state index in [-0.39, 0.29) is 18.3 Å². The van der Waals surface area contributed by atoms with E-state index in [1.807, 2.05) is 0 Å². The lowest BCUT2D eigenvalue weighted by Crippen LogP contribution is -2.37. The highest BCUT2D eigenvalue weighted by molar-refractivity contribution is 5.90. The standard InChI is InChI=1S/C13H17FN2O3/c1-8-6-10(14)4-5-11(8)16-13(18)15-9(2)7-12(17)19-3/h4-6,9H,7H2,1-3H3,(H2,15,16,18). The lowest BCUT2D eigenvalue weighted by atomic mass is 10.2. The second-order valence-corrected chi connectivity index (χ2v) is 4.24. The number of amides is 2. The molecule has 0 heterocycles. The van der Waals surface area contributed by atoms with Crippen molar-refractivity contribution in [1.29, 1.82) is 0 Å². The van der Waals surface area contributed by atoms with E-state index >= 15 is 0 Å². The molecule has 1 aromatic rings. The van der Waals surface area contributed by atoms with E-state index in [1.165, 1.54) is 25.3 Å². The number of halogens is 1. The summed E-state index contributed by atoms with van der Waals surface area (Å²) in [5, 5.41) is 5.18. The van der Waals surface area contributed by atoms with E-state index in [2.05, 4.69) is 15.4 Å². The van der Waals surface area contributed by atoms with Gasteiger partial charge in [-0.1, -0.05) is 0 Å². The fourth-order valence-electron chi connectivity index (χ4n) is 1.53. The van der Waals surface area contributed by atoms with Crippen molar-refractivity contribution in [2.75, 3.05) is 12.4 Å². The third-order valence-corrected chi connectivity index (χ3v) is 2.51. The van der Waals surface area contributed by atoms with Gasteiger partial charge in [0.05, 0.1) is 13.5 Å². The first kappa shape index (κ1) is 14.9. The Morgan fingerprint density at radius 1 is 1.42 bits per heavy atom. The predicted octanol–water partition coefficient (Wildman–Crippen LogP) is 2.21. The molecule has 0 saturated carbocycles. The van der Waals surface area contributed by atoms with E-state index in [0.717, 1.165) is 0 Å². The molecule has 0 fully saturated rings. The van der Waals surface area contributed by atoms with E-state index in [1.54, 1.807) is 13.8 Å². The third kappa shape index (κ3) is 4.95. The van der Waals surface area contributed by atoms with Crippen molar-refractivity contribution in [2.45, 2.75) is 26.3 Å². The highest BCUT2D eigenvalue weighted by Gasteiger charge is 2.12. The normalized spacial score (nSPS) is 11.6. The van der Waals surface area contributed by atoms with Crippen molar-refractivity contribution in [2.24, 2.45) is 0 Å². The summed E-state index contributed by atoms with van der Waals surface area (Å²) in [6.07, 6.45) is 0.0896. The Labute approximate surface area is 111 Å². The maximum atomic E-state index is 12.9. The molecule has 0 bridgehead atoms. The summed E-state index contributed by atoms with van der Waals surface area (Å²) in [5.41, 5.74) is 1.14. The number of carbonyl (C=O) groups is 2. The van der Waals surface area contributed by atoms with Gasteiger partial charge in [0, 0.05) is 11.7 Å². The van der Waals surface area contributed by atoms with Crippen LogP contribution in [0.2, 0.25) is 0 Å². The number of hydrogen-bond acceptors (Lipinski definition) is 3. The molecule has 1 aromatic carbocycles. The van der Waals surface area contributed by atoms with Gasteiger partial charge in [0.1, 0.15) is 5.82 Å². The minimum absolute atomic E-state index is 0.0896. The van der Waals surface area contributed by atoms with Crippen molar-refractivity contribution >= 4 is 17.7 Å². The lowest BCUT2D eigenvalue weighted by molar-refractivity contribution is -0.141. The fraction of sp³-hybridized carbons (Fsp3) is 0.385. The van der Waals surface area contributed by atoms with Gasteiger partial charge >= 0.3 is 12.0 Å². The van der Waals surface area contributed by atoms with Gasteiger partial charge in [0.2, 0.25) is 0 Å². The molecule has 1 atom stereocenters. The number of benzene rings is 1. The van der Waals surface area contributed by atoms with E-state index in [9.17, 15) is 14.0 Å². The minimum atomic E-state index is -0.453. The number of nitrogens with one attached hydrogen (secondary N) is 2. The Hall–Kier alpha value is -2.11. The van der Waals surface area contributed by atoms with Gasteiger partial charge in [0.25, 0.3) is 0 Å². The number of esters is 1. The Morgan fingerprint density at radius 3 is 2.68 bits per heavy atom. The van der Waals surface area contributed by atoms with Crippen molar-refractivity contribution in [1.82, 2.24) is 5.32 Å². The second-order valence-electron chi connectivity index (χ2n) is 4.24. The molecule has 0 aliphatic heterocycles. The molecule has 2 N–H and O–H groups in total. The molecule has 0 spiro atoms. The quantitative estimate of drug-likeness (QED) is 0.823. The number of aryl methyl sites for hydroxylation is 1. The van der Waals surface area contributed by atoms with Gasteiger partial charge < -0.3 is 15.4 Å². The molecule has 6 heteroatoms. The zero-order valence-electron chi connectivity index (χ0n) is 11.1. The first-order chi connectivity index (χ1) is 8.92. The SMILES string of the molecule is COC(=O)CC(C)NC(=O)Nc1ccc(F)cc1C. The predicted molar refractivity (Wildman–Crippen MR) is 69.4 cm³/mol. The van der Waals surface area contributed by atoms with Crippen molar-refractivity contribution in [3.05, 3.63) is 29.6 Å². The number of hydrogen-bond donors (Lipinski definition) is 2. The monoisotopic (exact) mass is 268 g/mol. The van der Waals surface area contributed by atoms with Crippen LogP contribution in [0, 0.1) is 12.7 Å². The van der Waals surface area contributed by atoms with Gasteiger partial charge in [-0.2, -0.15) is 0 Å². The van der Waals surface area contributed by atoms with Crippen LogP contribution in [0.1, 0.15) is 18.9 Å². The number of anilines is 1. The molecule has 0 aliphatic rings. The number of carbonyl (C=O) groups excluding carboxylic acids is 2. The summed E-state index contributed by atoms with van der Waals surface area (Å²) in [7, 11) is 1.29. The first-order valence-corrected chi connectivity index (χ1v) is 5.83. The van der Waals surface area contributed by atoms with Crippen LogP contribution in [0.5, 0.6) is 0 Å². The average Bonchev–Trinajstić information content (AvgIpc) is 2.32. The van der Waals surface area contributed by atoms with Gasteiger partial charge in [-0.05, 0) is 37.6 Å². The summed E-state index contributed by atoms with van der Waals surface area (Å²) in [6, 6.07) is 3.27. The van der Waals surface area contributed by atoms with Gasteiger partial charge in [-0.15, -0.1) is 0 Å². The van der Waals surface area contributed by atoms with E-state index in [0.29, 0.717) is 11.3 Å². The summed E-state index contributed by atoms with van der Waals surface area (Å²) in [5.74, 6) is -0.756. The summed E-state index contributed by atoms with van der Waals surface area (Å²) < 4.78 is 17.4. The highest BCUT2D eigenvalue weighted by atomic mass is 19.1. The zero-order chi connectivity index (χ0) is 14.4. The zero-order valence-corrected chi connectivity index (χ0v) is 11.1. The number of urea groups is 1. The van der Waals surface area contributed by atoms with E-state index in [4.69, 9.17) is 0 Å². The molecule has 19 heavy (non-hydrogen) atoms. The Bertz CT molecular complexity index is 477. The Balaban J connectivity index is 2.53. The largest absolute Gasteiger partial charge is 0.469 e. The van der Waals surface area contributed by atoms with Gasteiger partial charge in [0.15, 0.2) is 0 Å². The smallest absolute Gasteiger partial charge is 0.319 e. The molecule has 104 valence electrons. The lowest BCUT2D eigenvalue weighted by Gasteiger charge is -2.14. The number of ether oxygens (including phenoxy) is 1. The molecule has 1 rings (SSSR count). The van der Waals surface area contributed by atoms with Gasteiger partial charge in [-0.3, -0.25) is 4.79 Å². The topological polar surface area (TPSA) is 67.4 Å². The molecular formula is C13H17FN2O3. The molecule has 0 saturated heterocycles. The minimum Gasteiger partial charge on any atom is -0.469 e. The van der Waals surface area contributed by atoms with Crippen LogP contribution in [-0.2, 0) is 9.53 Å². The maximum absolute atomic E-state index is 12.9. The van der Waals surface area contributed by atoms with Crippen molar-refractivity contribution < 1.29 is 18.7 Å². The summed E-state index contributed by atoms with van der Waals surface area (Å²) in [6.45, 7) is 3.38. The summed E-state index contributed by atoms with van der Waals surface area (Å²) >= 11 is 0. The first-order valence-electron chi connectivity index (χ1n) is 5.83. The molecule has 0 aliphatic carbocycles. The third-order valence-electron chi connectivity index (χ3n) is 2.51. The average molecular weight is 268 g/mol. The molecule has 5 nitrogen and oxygen atoms in total. The number of rotatable bonds is 4. The fourth-order valence-corrected chi connectivity index (χ4v) is 1.53. The molecule has 0 aromatic heterocycles. The second kappa shape index (κ2) is 6.72. The Kier molecular flexibility index (Phi) is 5.29. The van der Waals surface area contributed by atoms with E-state index < -0.39 is 12.0 Å². The van der Waals surface area contributed by atoms with Crippen LogP contribution in [0.4, 0.5) is 14.9 Å². The van der Waals surface area contributed by atoms with Crippen molar-refractivity contribution in [3.63, 3.8) is 0 Å². The molecule has 2 amide bonds.